The van der Waals surface area contributed by atoms with E-state index in [9.17, 15) is 4.79 Å². The number of rotatable bonds is 5. The van der Waals surface area contributed by atoms with Crippen molar-refractivity contribution in [1.82, 2.24) is 9.55 Å². The molecule has 2 rings (SSSR count). The van der Waals surface area contributed by atoms with Crippen LogP contribution in [-0.4, -0.2) is 28.2 Å². The van der Waals surface area contributed by atoms with Gasteiger partial charge in [-0.2, -0.15) is 0 Å². The first-order valence-corrected chi connectivity index (χ1v) is 6.85. The van der Waals surface area contributed by atoms with Crippen LogP contribution in [-0.2, 0) is 16.6 Å². The van der Waals surface area contributed by atoms with Gasteiger partial charge < -0.3 is 14.6 Å². The Kier molecular flexibility index (Phi) is 4.39. The molecule has 0 radical (unpaired) electrons. The molecule has 108 valence electrons. The first-order valence-electron chi connectivity index (χ1n) is 6.85. The lowest BCUT2D eigenvalue weighted by Crippen LogP contribution is -2.21. The fourth-order valence-corrected chi connectivity index (χ4v) is 1.93. The highest BCUT2D eigenvalue weighted by atomic mass is 16.5. The zero-order chi connectivity index (χ0) is 14.7. The minimum absolute atomic E-state index is 0.0777. The molecule has 1 aromatic carbocycles. The summed E-state index contributed by atoms with van der Waals surface area (Å²) in [5.41, 5.74) is 2.68. The molecule has 1 aromatic heterocycles. The average Bonchev–Trinajstić information content (AvgIpc) is 2.71. The minimum Gasteiger partial charge on any atom is -0.369 e. The SMILES string of the molecule is CC[C@H](C)OCC(=O)Nc1ccc2c(c1)nc(C)n2C. The van der Waals surface area contributed by atoms with E-state index in [1.807, 2.05) is 50.6 Å². The third-order valence-electron chi connectivity index (χ3n) is 3.46. The van der Waals surface area contributed by atoms with Crippen LogP contribution in [0.4, 0.5) is 5.69 Å². The maximum absolute atomic E-state index is 11.8. The van der Waals surface area contributed by atoms with E-state index in [2.05, 4.69) is 10.3 Å². The van der Waals surface area contributed by atoms with Crippen LogP contribution in [0.25, 0.3) is 11.0 Å². The van der Waals surface area contributed by atoms with Crippen LogP contribution in [0.2, 0.25) is 0 Å². The summed E-state index contributed by atoms with van der Waals surface area (Å²) in [6.07, 6.45) is 0.994. The standard InChI is InChI=1S/C15H21N3O2/c1-5-10(2)20-9-15(19)17-12-6-7-14-13(8-12)16-11(3)18(14)4/h6-8,10H,5,9H2,1-4H3,(H,17,19)/t10-/m0/s1. The van der Waals surface area contributed by atoms with Gasteiger partial charge in [-0.1, -0.05) is 6.92 Å². The topological polar surface area (TPSA) is 56.1 Å². The lowest BCUT2D eigenvalue weighted by molar-refractivity contribution is -0.122. The van der Waals surface area contributed by atoms with Crippen LogP contribution in [0.15, 0.2) is 18.2 Å². The Morgan fingerprint density at radius 2 is 2.25 bits per heavy atom. The molecule has 1 amide bonds. The number of nitrogens with zero attached hydrogens (tertiary/aromatic N) is 2. The number of ether oxygens (including phenoxy) is 1. The van der Waals surface area contributed by atoms with Crippen LogP contribution in [0.3, 0.4) is 0 Å². The number of hydrogen-bond acceptors (Lipinski definition) is 3. The summed E-state index contributed by atoms with van der Waals surface area (Å²) in [4.78, 5) is 16.2. The van der Waals surface area contributed by atoms with Gasteiger partial charge in [-0.3, -0.25) is 4.79 Å². The van der Waals surface area contributed by atoms with Crippen molar-refractivity contribution in [2.75, 3.05) is 11.9 Å². The second-order valence-electron chi connectivity index (χ2n) is 5.00. The molecule has 0 aliphatic heterocycles. The highest BCUT2D eigenvalue weighted by Crippen LogP contribution is 2.19. The zero-order valence-corrected chi connectivity index (χ0v) is 12.4. The lowest BCUT2D eigenvalue weighted by Gasteiger charge is -2.10. The number of anilines is 1. The van der Waals surface area contributed by atoms with Gasteiger partial charge >= 0.3 is 0 Å². The average molecular weight is 275 g/mol. The number of carbonyl (C=O) groups is 1. The molecule has 1 atom stereocenters. The summed E-state index contributed by atoms with van der Waals surface area (Å²) in [6, 6.07) is 5.72. The van der Waals surface area contributed by atoms with E-state index in [4.69, 9.17) is 4.74 Å². The summed E-state index contributed by atoms with van der Waals surface area (Å²) in [6.45, 7) is 6.02. The van der Waals surface area contributed by atoms with Crippen LogP contribution in [0, 0.1) is 6.92 Å². The molecular formula is C15H21N3O2. The van der Waals surface area contributed by atoms with E-state index in [1.165, 1.54) is 0 Å². The van der Waals surface area contributed by atoms with Gasteiger partial charge in [-0.05, 0) is 38.5 Å². The molecule has 0 bridgehead atoms. The Balaban J connectivity index is 2.04. The van der Waals surface area contributed by atoms with Crippen molar-refractivity contribution in [2.24, 2.45) is 7.05 Å². The molecule has 0 saturated carbocycles. The number of fused-ring (bicyclic) bond motifs is 1. The molecule has 0 aliphatic carbocycles. The first kappa shape index (κ1) is 14.5. The fourth-order valence-electron chi connectivity index (χ4n) is 1.93. The van der Waals surface area contributed by atoms with Gasteiger partial charge in [0.25, 0.3) is 0 Å². The number of nitrogens with one attached hydrogen (secondary N) is 1. The second kappa shape index (κ2) is 6.05. The van der Waals surface area contributed by atoms with Crippen molar-refractivity contribution in [2.45, 2.75) is 33.3 Å². The molecule has 5 nitrogen and oxygen atoms in total. The van der Waals surface area contributed by atoms with Gasteiger partial charge in [0.2, 0.25) is 5.91 Å². The maximum Gasteiger partial charge on any atom is 0.250 e. The Hall–Kier alpha value is -1.88. The number of benzene rings is 1. The van der Waals surface area contributed by atoms with Crippen LogP contribution in [0.1, 0.15) is 26.1 Å². The van der Waals surface area contributed by atoms with E-state index in [0.717, 1.165) is 29.0 Å². The highest BCUT2D eigenvalue weighted by molar-refractivity contribution is 5.93. The zero-order valence-electron chi connectivity index (χ0n) is 12.4. The van der Waals surface area contributed by atoms with Crippen LogP contribution >= 0.6 is 0 Å². The van der Waals surface area contributed by atoms with Gasteiger partial charge in [0, 0.05) is 12.7 Å². The molecule has 0 unspecified atom stereocenters. The third-order valence-corrected chi connectivity index (χ3v) is 3.46. The monoisotopic (exact) mass is 275 g/mol. The largest absolute Gasteiger partial charge is 0.369 e. The number of carbonyl (C=O) groups excluding carboxylic acids is 1. The Morgan fingerprint density at radius 1 is 1.50 bits per heavy atom. The van der Waals surface area contributed by atoms with E-state index in [0.29, 0.717) is 0 Å². The van der Waals surface area contributed by atoms with Crippen molar-refractivity contribution in [3.63, 3.8) is 0 Å². The lowest BCUT2D eigenvalue weighted by atomic mass is 10.2. The van der Waals surface area contributed by atoms with Crippen molar-refractivity contribution in [3.8, 4) is 0 Å². The van der Waals surface area contributed by atoms with Crippen LogP contribution < -0.4 is 5.32 Å². The second-order valence-corrected chi connectivity index (χ2v) is 5.00. The summed E-state index contributed by atoms with van der Waals surface area (Å²) >= 11 is 0. The molecule has 0 saturated heterocycles. The summed E-state index contributed by atoms with van der Waals surface area (Å²) < 4.78 is 7.42. The quantitative estimate of drug-likeness (QED) is 0.912. The Labute approximate surface area is 118 Å². The van der Waals surface area contributed by atoms with Crippen LogP contribution in [0.5, 0.6) is 0 Å². The van der Waals surface area contributed by atoms with E-state index < -0.39 is 0 Å². The number of imidazole rings is 1. The molecule has 1 N–H and O–H groups in total. The van der Waals surface area contributed by atoms with E-state index in [-0.39, 0.29) is 18.6 Å². The molecule has 0 fully saturated rings. The number of aryl methyl sites for hydroxylation is 2. The minimum atomic E-state index is -0.141. The molecule has 0 aliphatic rings. The molecule has 2 aromatic rings. The Morgan fingerprint density at radius 3 is 2.95 bits per heavy atom. The molecule has 0 spiro atoms. The summed E-state index contributed by atoms with van der Waals surface area (Å²) in [5, 5.41) is 2.83. The van der Waals surface area contributed by atoms with Crippen molar-refractivity contribution in [1.29, 1.82) is 0 Å². The maximum atomic E-state index is 11.8. The van der Waals surface area contributed by atoms with Gasteiger partial charge in [0.15, 0.2) is 0 Å². The number of hydrogen-bond donors (Lipinski definition) is 1. The van der Waals surface area contributed by atoms with E-state index in [1.54, 1.807) is 0 Å². The third kappa shape index (κ3) is 3.17. The van der Waals surface area contributed by atoms with Gasteiger partial charge in [0.05, 0.1) is 17.1 Å². The number of amides is 1. The normalized spacial score (nSPS) is 12.6. The number of aromatic nitrogens is 2. The summed E-state index contributed by atoms with van der Waals surface area (Å²) in [5.74, 6) is 0.806. The van der Waals surface area contributed by atoms with Gasteiger partial charge in [-0.15, -0.1) is 0 Å². The molecular weight excluding hydrogens is 254 g/mol. The smallest absolute Gasteiger partial charge is 0.250 e. The molecule has 1 heterocycles. The van der Waals surface area contributed by atoms with Crippen molar-refractivity contribution >= 4 is 22.6 Å². The predicted octanol–water partition coefficient (Wildman–Crippen LogP) is 2.64. The molecule has 5 heteroatoms. The van der Waals surface area contributed by atoms with Gasteiger partial charge in [-0.25, -0.2) is 4.98 Å². The summed E-state index contributed by atoms with van der Waals surface area (Å²) in [7, 11) is 1.98. The fraction of sp³-hybridized carbons (Fsp3) is 0.467. The predicted molar refractivity (Wildman–Crippen MR) is 79.8 cm³/mol. The van der Waals surface area contributed by atoms with E-state index >= 15 is 0 Å². The first-order chi connectivity index (χ1) is 9.51. The van der Waals surface area contributed by atoms with Crippen molar-refractivity contribution < 1.29 is 9.53 Å². The van der Waals surface area contributed by atoms with Gasteiger partial charge in [0.1, 0.15) is 12.4 Å². The van der Waals surface area contributed by atoms with Crippen molar-refractivity contribution in [3.05, 3.63) is 24.0 Å². The Bertz CT molecular complexity index is 619. The highest BCUT2D eigenvalue weighted by Gasteiger charge is 2.08. The molecule has 20 heavy (non-hydrogen) atoms.